The van der Waals surface area contributed by atoms with Gasteiger partial charge in [-0.1, -0.05) is 206 Å². The summed E-state index contributed by atoms with van der Waals surface area (Å²) in [6.45, 7) is 10.1. The van der Waals surface area contributed by atoms with Gasteiger partial charge >= 0.3 is 0 Å². The van der Waals surface area contributed by atoms with Gasteiger partial charge in [-0.05, 0) is 39.7 Å². The van der Waals surface area contributed by atoms with Crippen molar-refractivity contribution in [1.29, 1.82) is 0 Å². The molecule has 0 aliphatic carbocycles. The number of carbonyl (C=O) groups excluding carboxylic acids is 1. The molecule has 49 heavy (non-hydrogen) atoms. The van der Waals surface area contributed by atoms with Crippen LogP contribution in [-0.4, -0.2) is 61.1 Å². The molecule has 0 aromatic heterocycles. The predicted molar refractivity (Wildman–Crippen MR) is 217 cm³/mol. The van der Waals surface area contributed by atoms with Crippen molar-refractivity contribution in [2.75, 3.05) is 33.3 Å². The summed E-state index contributed by atoms with van der Waals surface area (Å²) in [6.07, 6.45) is 46.7. The largest absolute Gasteiger partial charge is 0.368 e. The van der Waals surface area contributed by atoms with Gasteiger partial charge in [0.2, 0.25) is 5.91 Å². The minimum Gasteiger partial charge on any atom is -0.368 e. The zero-order valence-corrected chi connectivity index (χ0v) is 34.2. The van der Waals surface area contributed by atoms with Gasteiger partial charge in [0.25, 0.3) is 0 Å². The summed E-state index contributed by atoms with van der Waals surface area (Å²) in [7, 11) is 2.20. The molecule has 0 saturated carbocycles. The summed E-state index contributed by atoms with van der Waals surface area (Å²) in [5.41, 5.74) is 0. The molecule has 1 amide bonds. The Bertz CT molecular complexity index is 649. The number of unbranched alkanes of at least 4 members (excludes halogenated alkanes) is 30. The summed E-state index contributed by atoms with van der Waals surface area (Å²) in [4.78, 5) is 17.9. The lowest BCUT2D eigenvalue weighted by atomic mass is 10.0. The van der Waals surface area contributed by atoms with Crippen molar-refractivity contribution in [3.8, 4) is 0 Å². The number of rotatable bonds is 37. The number of piperidine rings is 1. The zero-order valence-electron chi connectivity index (χ0n) is 34.2. The Morgan fingerprint density at radius 2 is 0.837 bits per heavy atom. The summed E-state index contributed by atoms with van der Waals surface area (Å²) in [6, 6.07) is 0.542. The molecule has 292 valence electrons. The molecule has 0 radical (unpaired) electrons. The van der Waals surface area contributed by atoms with Crippen LogP contribution in [0.3, 0.4) is 0 Å². The quantitative estimate of drug-likeness (QED) is 0.0608. The van der Waals surface area contributed by atoms with E-state index in [0.717, 1.165) is 45.3 Å². The van der Waals surface area contributed by atoms with E-state index in [1.54, 1.807) is 0 Å². The molecular formula is C45H90N2O2. The monoisotopic (exact) mass is 691 g/mol. The number of likely N-dealkylation sites (tertiary alicyclic amines) is 1. The van der Waals surface area contributed by atoms with Crippen LogP contribution < -0.4 is 0 Å². The fourth-order valence-corrected chi connectivity index (χ4v) is 7.74. The van der Waals surface area contributed by atoms with E-state index in [1.165, 1.54) is 193 Å². The van der Waals surface area contributed by atoms with Gasteiger partial charge < -0.3 is 14.5 Å². The maximum absolute atomic E-state index is 13.3. The van der Waals surface area contributed by atoms with Crippen molar-refractivity contribution in [2.45, 2.75) is 251 Å². The first kappa shape index (κ1) is 46.4. The van der Waals surface area contributed by atoms with E-state index in [4.69, 9.17) is 4.74 Å². The third-order valence-electron chi connectivity index (χ3n) is 11.5. The third-order valence-corrected chi connectivity index (χ3v) is 11.5. The van der Waals surface area contributed by atoms with E-state index in [-0.39, 0.29) is 18.6 Å². The predicted octanol–water partition coefficient (Wildman–Crippen LogP) is 13.8. The van der Waals surface area contributed by atoms with Gasteiger partial charge in [-0.3, -0.25) is 4.79 Å². The molecule has 1 rings (SSSR count). The Morgan fingerprint density at radius 1 is 0.531 bits per heavy atom. The Kier molecular flexibility index (Phi) is 33.9. The van der Waals surface area contributed by atoms with Gasteiger partial charge in [0.1, 0.15) is 6.61 Å². The SMILES string of the molecule is CCCCCCCCCCCCCCCCCCN(CCCCCCCCCCCCCCCCCC)C(=O)COC1CCN(C)C(C)C1. The standard InChI is InChI=1S/C45H90N2O2/c1-5-7-9-11-13-15-17-19-21-23-25-27-29-31-33-35-38-47(45(48)42-49-44-37-40-46(4)43(3)41-44)39-36-34-32-30-28-26-24-22-20-18-16-14-12-10-8-6-2/h43-44H,5-42H2,1-4H3. The molecule has 1 fully saturated rings. The van der Waals surface area contributed by atoms with Crippen molar-refractivity contribution >= 4 is 5.91 Å². The van der Waals surface area contributed by atoms with E-state index in [1.807, 2.05) is 0 Å². The molecule has 4 heteroatoms. The molecule has 0 aromatic rings. The highest BCUT2D eigenvalue weighted by Gasteiger charge is 2.24. The fourth-order valence-electron chi connectivity index (χ4n) is 7.74. The van der Waals surface area contributed by atoms with Crippen molar-refractivity contribution in [1.82, 2.24) is 9.80 Å². The van der Waals surface area contributed by atoms with Gasteiger partial charge in [0, 0.05) is 25.7 Å². The van der Waals surface area contributed by atoms with Gasteiger partial charge in [0.15, 0.2) is 0 Å². The minimum atomic E-state index is 0.230. The van der Waals surface area contributed by atoms with Crippen LogP contribution in [0.4, 0.5) is 0 Å². The molecule has 4 nitrogen and oxygen atoms in total. The molecule has 1 saturated heterocycles. The number of ether oxygens (including phenoxy) is 1. The minimum absolute atomic E-state index is 0.230. The van der Waals surface area contributed by atoms with Crippen molar-refractivity contribution in [3.63, 3.8) is 0 Å². The van der Waals surface area contributed by atoms with Crippen LogP contribution in [0.5, 0.6) is 0 Å². The second kappa shape index (κ2) is 35.8. The van der Waals surface area contributed by atoms with Gasteiger partial charge in [-0.15, -0.1) is 0 Å². The summed E-state index contributed by atoms with van der Waals surface area (Å²) < 4.78 is 6.19. The molecule has 2 unspecified atom stereocenters. The molecule has 0 spiro atoms. The molecule has 0 bridgehead atoms. The van der Waals surface area contributed by atoms with E-state index >= 15 is 0 Å². The summed E-state index contributed by atoms with van der Waals surface area (Å²) in [5, 5.41) is 0. The molecule has 1 heterocycles. The lowest BCUT2D eigenvalue weighted by molar-refractivity contribution is -0.139. The Hall–Kier alpha value is -0.610. The zero-order chi connectivity index (χ0) is 35.5. The molecule has 0 aromatic carbocycles. The normalized spacial score (nSPS) is 16.8. The van der Waals surface area contributed by atoms with Crippen LogP contribution in [0.15, 0.2) is 0 Å². The van der Waals surface area contributed by atoms with Crippen LogP contribution in [0, 0.1) is 0 Å². The van der Waals surface area contributed by atoms with Gasteiger partial charge in [0.05, 0.1) is 6.10 Å². The lowest BCUT2D eigenvalue weighted by Crippen LogP contribution is -2.42. The average molecular weight is 691 g/mol. The van der Waals surface area contributed by atoms with E-state index < -0.39 is 0 Å². The maximum atomic E-state index is 13.3. The Morgan fingerprint density at radius 3 is 1.14 bits per heavy atom. The second-order valence-corrected chi connectivity index (χ2v) is 16.3. The molecule has 1 aliphatic heterocycles. The van der Waals surface area contributed by atoms with Gasteiger partial charge in [-0.2, -0.15) is 0 Å². The second-order valence-electron chi connectivity index (χ2n) is 16.3. The smallest absolute Gasteiger partial charge is 0.248 e. The first-order valence-corrected chi connectivity index (χ1v) is 22.7. The van der Waals surface area contributed by atoms with E-state index in [9.17, 15) is 4.79 Å². The summed E-state index contributed by atoms with van der Waals surface area (Å²) in [5.74, 6) is 0.230. The van der Waals surface area contributed by atoms with Crippen molar-refractivity contribution in [3.05, 3.63) is 0 Å². The van der Waals surface area contributed by atoms with Crippen molar-refractivity contribution < 1.29 is 9.53 Å². The van der Waals surface area contributed by atoms with E-state index in [0.29, 0.717) is 6.04 Å². The van der Waals surface area contributed by atoms with Crippen LogP contribution in [0.1, 0.15) is 239 Å². The maximum Gasteiger partial charge on any atom is 0.248 e. The highest BCUT2D eigenvalue weighted by atomic mass is 16.5. The number of nitrogens with zero attached hydrogens (tertiary/aromatic N) is 2. The number of hydrogen-bond donors (Lipinski definition) is 0. The van der Waals surface area contributed by atoms with Crippen LogP contribution in [-0.2, 0) is 9.53 Å². The molecule has 2 atom stereocenters. The number of hydrogen-bond acceptors (Lipinski definition) is 3. The van der Waals surface area contributed by atoms with Crippen LogP contribution in [0.2, 0.25) is 0 Å². The number of amides is 1. The Labute approximate surface area is 309 Å². The highest BCUT2D eigenvalue weighted by molar-refractivity contribution is 5.77. The molecule has 1 aliphatic rings. The third kappa shape index (κ3) is 29.6. The van der Waals surface area contributed by atoms with Gasteiger partial charge in [-0.25, -0.2) is 0 Å². The molecular weight excluding hydrogens is 601 g/mol. The highest BCUT2D eigenvalue weighted by Crippen LogP contribution is 2.19. The average Bonchev–Trinajstić information content (AvgIpc) is 3.10. The van der Waals surface area contributed by atoms with Crippen LogP contribution >= 0.6 is 0 Å². The summed E-state index contributed by atoms with van der Waals surface area (Å²) >= 11 is 0. The first-order valence-electron chi connectivity index (χ1n) is 22.7. The first-order chi connectivity index (χ1) is 24.1. The lowest BCUT2D eigenvalue weighted by Gasteiger charge is -2.35. The number of carbonyl (C=O) groups is 1. The Balaban J connectivity index is 2.14. The van der Waals surface area contributed by atoms with Crippen LogP contribution in [0.25, 0.3) is 0 Å². The fraction of sp³-hybridized carbons (Fsp3) is 0.978. The topological polar surface area (TPSA) is 32.8 Å². The van der Waals surface area contributed by atoms with E-state index in [2.05, 4.69) is 37.6 Å². The molecule has 0 N–H and O–H groups in total. The van der Waals surface area contributed by atoms with Crippen molar-refractivity contribution in [2.24, 2.45) is 0 Å².